The Labute approximate surface area is 74.4 Å². The highest BCUT2D eigenvalue weighted by Gasteiger charge is 2.52. The zero-order valence-electron chi connectivity index (χ0n) is 6.31. The largest absolute Gasteiger partial charge is 0.461 e. The summed E-state index contributed by atoms with van der Waals surface area (Å²) in [6, 6.07) is 0. The van der Waals surface area contributed by atoms with E-state index in [9.17, 15) is 4.79 Å². The molecule has 0 aromatic heterocycles. The summed E-state index contributed by atoms with van der Waals surface area (Å²) in [5.41, 5.74) is -0.0432. The molecule has 0 N–H and O–H groups in total. The van der Waals surface area contributed by atoms with Gasteiger partial charge in [0.15, 0.2) is 0 Å². The van der Waals surface area contributed by atoms with Gasteiger partial charge in [-0.2, -0.15) is 0 Å². The second-order valence-corrected chi connectivity index (χ2v) is 4.17. The Kier molecular flexibility index (Phi) is 1.71. The van der Waals surface area contributed by atoms with Crippen molar-refractivity contribution in [3.63, 3.8) is 0 Å². The topological polar surface area (TPSA) is 26.3 Å². The molecule has 1 heterocycles. The molecule has 11 heavy (non-hydrogen) atoms. The average molecular weight is 219 g/mol. The molecule has 2 aliphatic rings. The molecule has 1 unspecified atom stereocenters. The lowest BCUT2D eigenvalue weighted by Gasteiger charge is -2.33. The van der Waals surface area contributed by atoms with E-state index in [1.54, 1.807) is 0 Å². The van der Waals surface area contributed by atoms with E-state index in [2.05, 4.69) is 15.9 Å². The maximum Gasteiger partial charge on any atom is 0.312 e. The van der Waals surface area contributed by atoms with Crippen molar-refractivity contribution in [1.82, 2.24) is 0 Å². The van der Waals surface area contributed by atoms with Crippen LogP contribution < -0.4 is 0 Å². The van der Waals surface area contributed by atoms with E-state index in [1.807, 2.05) is 0 Å². The van der Waals surface area contributed by atoms with E-state index in [-0.39, 0.29) is 17.5 Å². The second kappa shape index (κ2) is 2.47. The quantitative estimate of drug-likeness (QED) is 0.497. The van der Waals surface area contributed by atoms with Crippen molar-refractivity contribution in [3.05, 3.63) is 0 Å². The standard InChI is InChI=1S/C8H11BrO2/c9-5-6-4-8(2-1-3-8)7(10)11-6/h6H,1-5H2. The first-order chi connectivity index (χ1) is 5.27. The minimum atomic E-state index is -0.0432. The molecule has 62 valence electrons. The van der Waals surface area contributed by atoms with Crippen molar-refractivity contribution in [2.75, 3.05) is 5.33 Å². The monoisotopic (exact) mass is 218 g/mol. The van der Waals surface area contributed by atoms with Crippen molar-refractivity contribution in [2.24, 2.45) is 5.41 Å². The van der Waals surface area contributed by atoms with Crippen molar-refractivity contribution >= 4 is 21.9 Å². The van der Waals surface area contributed by atoms with E-state index >= 15 is 0 Å². The summed E-state index contributed by atoms with van der Waals surface area (Å²) in [7, 11) is 0. The molecule has 0 amide bonds. The number of hydrogen-bond acceptors (Lipinski definition) is 2. The Balaban J connectivity index is 2.08. The van der Waals surface area contributed by atoms with Gasteiger partial charge in [-0.25, -0.2) is 0 Å². The molecule has 2 fully saturated rings. The Morgan fingerprint density at radius 2 is 2.36 bits per heavy atom. The van der Waals surface area contributed by atoms with Gasteiger partial charge in [0, 0.05) is 11.8 Å². The zero-order chi connectivity index (χ0) is 7.90. The van der Waals surface area contributed by atoms with Gasteiger partial charge in [-0.3, -0.25) is 4.79 Å². The Morgan fingerprint density at radius 1 is 1.64 bits per heavy atom. The van der Waals surface area contributed by atoms with Crippen LogP contribution in [0.4, 0.5) is 0 Å². The maximum absolute atomic E-state index is 11.3. The van der Waals surface area contributed by atoms with Crippen LogP contribution >= 0.6 is 15.9 Å². The van der Waals surface area contributed by atoms with Crippen molar-refractivity contribution in [1.29, 1.82) is 0 Å². The Bertz CT molecular complexity index is 187. The van der Waals surface area contributed by atoms with Crippen LogP contribution in [0.2, 0.25) is 0 Å². The fourth-order valence-electron chi connectivity index (χ4n) is 1.94. The van der Waals surface area contributed by atoms with Gasteiger partial charge >= 0.3 is 5.97 Å². The first kappa shape index (κ1) is 7.59. The van der Waals surface area contributed by atoms with Crippen molar-refractivity contribution < 1.29 is 9.53 Å². The number of esters is 1. The third-order valence-electron chi connectivity index (χ3n) is 2.81. The summed E-state index contributed by atoms with van der Waals surface area (Å²) in [5, 5.41) is 0.792. The van der Waals surface area contributed by atoms with E-state index in [0.29, 0.717) is 0 Å². The van der Waals surface area contributed by atoms with Crippen LogP contribution in [0.3, 0.4) is 0 Å². The maximum atomic E-state index is 11.3. The molecule has 0 aromatic carbocycles. The summed E-state index contributed by atoms with van der Waals surface area (Å²) >= 11 is 3.33. The number of rotatable bonds is 1. The molecule has 1 saturated heterocycles. The predicted molar refractivity (Wildman–Crippen MR) is 44.6 cm³/mol. The van der Waals surface area contributed by atoms with Crippen LogP contribution in [0.25, 0.3) is 0 Å². The molecule has 2 nitrogen and oxygen atoms in total. The van der Waals surface area contributed by atoms with Crippen LogP contribution in [0.15, 0.2) is 0 Å². The van der Waals surface area contributed by atoms with Gasteiger partial charge in [0.05, 0.1) is 5.41 Å². The minimum Gasteiger partial charge on any atom is -0.461 e. The number of halogens is 1. The van der Waals surface area contributed by atoms with Crippen molar-refractivity contribution in [2.45, 2.75) is 31.8 Å². The first-order valence-electron chi connectivity index (χ1n) is 4.04. The molecular weight excluding hydrogens is 208 g/mol. The van der Waals surface area contributed by atoms with Gasteiger partial charge in [-0.15, -0.1) is 0 Å². The number of alkyl halides is 1. The molecule has 0 radical (unpaired) electrons. The molecule has 1 atom stereocenters. The van der Waals surface area contributed by atoms with Gasteiger partial charge in [0.1, 0.15) is 6.10 Å². The second-order valence-electron chi connectivity index (χ2n) is 3.52. The fraction of sp³-hybridized carbons (Fsp3) is 0.875. The Hall–Kier alpha value is -0.0500. The van der Waals surface area contributed by atoms with E-state index in [1.165, 1.54) is 6.42 Å². The fourth-order valence-corrected chi connectivity index (χ4v) is 2.30. The van der Waals surface area contributed by atoms with Crippen LogP contribution in [0.5, 0.6) is 0 Å². The molecule has 3 heteroatoms. The summed E-state index contributed by atoms with van der Waals surface area (Å²) in [4.78, 5) is 11.3. The highest BCUT2D eigenvalue weighted by molar-refractivity contribution is 9.09. The lowest BCUT2D eigenvalue weighted by Crippen LogP contribution is -2.33. The Morgan fingerprint density at radius 3 is 2.64 bits per heavy atom. The lowest BCUT2D eigenvalue weighted by molar-refractivity contribution is -0.151. The molecule has 0 aromatic rings. The van der Waals surface area contributed by atoms with E-state index in [0.717, 1.165) is 24.6 Å². The van der Waals surface area contributed by atoms with E-state index in [4.69, 9.17) is 4.74 Å². The van der Waals surface area contributed by atoms with Gasteiger partial charge in [-0.1, -0.05) is 22.4 Å². The number of hydrogen-bond donors (Lipinski definition) is 0. The van der Waals surface area contributed by atoms with Gasteiger partial charge in [0.2, 0.25) is 0 Å². The molecule has 1 saturated carbocycles. The molecule has 0 bridgehead atoms. The third-order valence-corrected chi connectivity index (χ3v) is 3.53. The highest BCUT2D eigenvalue weighted by Crippen LogP contribution is 2.50. The number of carbonyl (C=O) groups excluding carboxylic acids is 1. The zero-order valence-corrected chi connectivity index (χ0v) is 7.89. The lowest BCUT2D eigenvalue weighted by atomic mass is 9.67. The van der Waals surface area contributed by atoms with Crippen LogP contribution in [-0.2, 0) is 9.53 Å². The van der Waals surface area contributed by atoms with Gasteiger partial charge in [-0.05, 0) is 12.8 Å². The first-order valence-corrected chi connectivity index (χ1v) is 5.16. The SMILES string of the molecule is O=C1OC(CBr)CC12CCC2. The molecular formula is C8H11BrO2. The smallest absolute Gasteiger partial charge is 0.312 e. The number of ether oxygens (including phenoxy) is 1. The summed E-state index contributed by atoms with van der Waals surface area (Å²) in [6.07, 6.45) is 4.38. The van der Waals surface area contributed by atoms with Crippen LogP contribution in [-0.4, -0.2) is 17.4 Å². The van der Waals surface area contributed by atoms with Crippen LogP contribution in [0.1, 0.15) is 25.7 Å². The summed E-state index contributed by atoms with van der Waals surface area (Å²) < 4.78 is 5.18. The van der Waals surface area contributed by atoms with E-state index < -0.39 is 0 Å². The van der Waals surface area contributed by atoms with Crippen molar-refractivity contribution in [3.8, 4) is 0 Å². The molecule has 1 spiro atoms. The summed E-state index contributed by atoms with van der Waals surface area (Å²) in [6.45, 7) is 0. The van der Waals surface area contributed by atoms with Gasteiger partial charge < -0.3 is 4.74 Å². The highest BCUT2D eigenvalue weighted by atomic mass is 79.9. The predicted octanol–water partition coefficient (Wildman–Crippen LogP) is 1.87. The molecule has 1 aliphatic heterocycles. The minimum absolute atomic E-state index is 0.0432. The number of cyclic esters (lactones) is 1. The third kappa shape index (κ3) is 1.01. The molecule has 2 rings (SSSR count). The summed E-state index contributed by atoms with van der Waals surface area (Å²) in [5.74, 6) is 0.0493. The number of carbonyl (C=O) groups is 1. The van der Waals surface area contributed by atoms with Gasteiger partial charge in [0.25, 0.3) is 0 Å². The molecule has 1 aliphatic carbocycles. The normalized spacial score (nSPS) is 33.5. The average Bonchev–Trinajstić information content (AvgIpc) is 2.25. The van der Waals surface area contributed by atoms with Crippen LogP contribution in [0, 0.1) is 5.41 Å².